The highest BCUT2D eigenvalue weighted by Crippen LogP contribution is 2.26. The minimum absolute atomic E-state index is 0.155. The molecule has 0 N–H and O–H groups in total. The van der Waals surface area contributed by atoms with E-state index in [2.05, 4.69) is 15.1 Å². The van der Waals surface area contributed by atoms with Crippen LogP contribution in [0.5, 0.6) is 0 Å². The van der Waals surface area contributed by atoms with Crippen LogP contribution in [0.15, 0.2) is 40.5 Å². The number of pyridine rings is 1. The van der Waals surface area contributed by atoms with Crippen molar-refractivity contribution in [2.24, 2.45) is 0 Å². The molecule has 1 aliphatic heterocycles. The van der Waals surface area contributed by atoms with E-state index >= 15 is 0 Å². The van der Waals surface area contributed by atoms with Crippen LogP contribution >= 0.6 is 11.8 Å². The zero-order valence-corrected chi connectivity index (χ0v) is 13.8. The Hall–Kier alpha value is -2.39. The van der Waals surface area contributed by atoms with Gasteiger partial charge >= 0.3 is 0 Å². The van der Waals surface area contributed by atoms with E-state index in [0.29, 0.717) is 31.3 Å². The summed E-state index contributed by atoms with van der Waals surface area (Å²) in [6.45, 7) is 1.27. The Kier molecular flexibility index (Phi) is 3.95. The van der Waals surface area contributed by atoms with Crippen LogP contribution in [0.2, 0.25) is 0 Å². The average Bonchev–Trinajstić information content (AvgIpc) is 3.29. The SMILES string of the molecule is CSc1nc(C(=O)N2CCOCC2c2ncon2)c2ccccn12. The fourth-order valence-electron chi connectivity index (χ4n) is 2.83. The molecule has 0 radical (unpaired) electrons. The molecular weight excluding hydrogens is 330 g/mol. The fraction of sp³-hybridized carbons (Fsp3) is 0.333. The highest BCUT2D eigenvalue weighted by molar-refractivity contribution is 7.98. The van der Waals surface area contributed by atoms with Gasteiger partial charge in [0.1, 0.15) is 6.04 Å². The maximum Gasteiger partial charge on any atom is 0.275 e. The van der Waals surface area contributed by atoms with Crippen LogP contribution in [0.1, 0.15) is 22.4 Å². The second kappa shape index (κ2) is 6.25. The molecule has 0 aromatic carbocycles. The third-order valence-corrected chi connectivity index (χ3v) is 4.62. The third kappa shape index (κ3) is 2.45. The summed E-state index contributed by atoms with van der Waals surface area (Å²) in [5.41, 5.74) is 1.21. The number of nitrogens with zero attached hydrogens (tertiary/aromatic N) is 5. The predicted molar refractivity (Wildman–Crippen MR) is 85.9 cm³/mol. The van der Waals surface area contributed by atoms with Crippen molar-refractivity contribution in [3.05, 3.63) is 42.3 Å². The zero-order valence-electron chi connectivity index (χ0n) is 13.0. The van der Waals surface area contributed by atoms with Gasteiger partial charge in [-0.15, -0.1) is 0 Å². The van der Waals surface area contributed by atoms with Crippen LogP contribution in [0.3, 0.4) is 0 Å². The molecule has 0 aliphatic carbocycles. The molecule has 0 spiro atoms. The van der Waals surface area contributed by atoms with Crippen LogP contribution in [0.4, 0.5) is 0 Å². The van der Waals surface area contributed by atoms with E-state index in [1.165, 1.54) is 18.2 Å². The largest absolute Gasteiger partial charge is 0.377 e. The first-order chi connectivity index (χ1) is 11.8. The van der Waals surface area contributed by atoms with Crippen molar-refractivity contribution < 1.29 is 14.1 Å². The number of ether oxygens (including phenoxy) is 1. The Morgan fingerprint density at radius 3 is 3.12 bits per heavy atom. The summed E-state index contributed by atoms with van der Waals surface area (Å²) in [4.78, 5) is 23.4. The maximum atomic E-state index is 13.1. The van der Waals surface area contributed by atoms with E-state index in [1.807, 2.05) is 35.1 Å². The van der Waals surface area contributed by atoms with Crippen LogP contribution in [0.25, 0.3) is 5.52 Å². The van der Waals surface area contributed by atoms with Gasteiger partial charge in [-0.25, -0.2) is 4.98 Å². The highest BCUT2D eigenvalue weighted by atomic mass is 32.2. The number of carbonyl (C=O) groups is 1. The average molecular weight is 345 g/mol. The molecule has 0 saturated carbocycles. The highest BCUT2D eigenvalue weighted by Gasteiger charge is 2.34. The Bertz CT molecular complexity index is 863. The van der Waals surface area contributed by atoms with Crippen molar-refractivity contribution in [3.8, 4) is 0 Å². The van der Waals surface area contributed by atoms with Crippen molar-refractivity contribution in [3.63, 3.8) is 0 Å². The zero-order chi connectivity index (χ0) is 16.5. The molecule has 3 aromatic heterocycles. The van der Waals surface area contributed by atoms with E-state index in [4.69, 9.17) is 9.26 Å². The van der Waals surface area contributed by atoms with Crippen molar-refractivity contribution in [2.45, 2.75) is 11.2 Å². The van der Waals surface area contributed by atoms with Gasteiger partial charge < -0.3 is 14.2 Å². The van der Waals surface area contributed by atoms with Crippen molar-refractivity contribution >= 4 is 23.2 Å². The van der Waals surface area contributed by atoms with E-state index in [9.17, 15) is 4.79 Å². The number of thioether (sulfide) groups is 1. The summed E-state index contributed by atoms with van der Waals surface area (Å²) in [5, 5.41) is 4.64. The Morgan fingerprint density at radius 2 is 2.33 bits per heavy atom. The number of fused-ring (bicyclic) bond motifs is 1. The van der Waals surface area contributed by atoms with E-state index in [-0.39, 0.29) is 11.9 Å². The number of imidazole rings is 1. The molecular formula is C15H15N5O3S. The summed E-state index contributed by atoms with van der Waals surface area (Å²) in [6, 6.07) is 5.33. The van der Waals surface area contributed by atoms with Crippen LogP contribution in [0, 0.1) is 0 Å². The number of morpholine rings is 1. The molecule has 0 bridgehead atoms. The fourth-order valence-corrected chi connectivity index (χ4v) is 3.37. The summed E-state index contributed by atoms with van der Waals surface area (Å²) in [5.74, 6) is 0.286. The van der Waals surface area contributed by atoms with Gasteiger partial charge in [-0.3, -0.25) is 9.20 Å². The van der Waals surface area contributed by atoms with Crippen molar-refractivity contribution in [1.29, 1.82) is 0 Å². The van der Waals surface area contributed by atoms with Gasteiger partial charge in [0.15, 0.2) is 16.7 Å². The van der Waals surface area contributed by atoms with Crippen LogP contribution < -0.4 is 0 Å². The van der Waals surface area contributed by atoms with Crippen molar-refractivity contribution in [1.82, 2.24) is 24.4 Å². The Morgan fingerprint density at radius 1 is 1.42 bits per heavy atom. The third-order valence-electron chi connectivity index (χ3n) is 3.97. The standard InChI is InChI=1S/C15H15N5O3S/c1-24-15-17-12(10-4-2-3-5-20(10)15)14(21)19-6-7-22-8-11(19)13-16-9-23-18-13/h2-5,9,11H,6-8H2,1H3. The molecule has 1 unspecified atom stereocenters. The van der Waals surface area contributed by atoms with Crippen molar-refractivity contribution in [2.75, 3.05) is 26.0 Å². The molecule has 4 heterocycles. The number of amides is 1. The lowest BCUT2D eigenvalue weighted by Gasteiger charge is -2.33. The smallest absolute Gasteiger partial charge is 0.275 e. The second-order valence-corrected chi connectivity index (χ2v) is 6.06. The topological polar surface area (TPSA) is 85.8 Å². The van der Waals surface area contributed by atoms with Gasteiger partial charge in [-0.2, -0.15) is 4.98 Å². The monoisotopic (exact) mass is 345 g/mol. The molecule has 3 aromatic rings. The Balaban J connectivity index is 1.75. The minimum atomic E-state index is -0.372. The van der Waals surface area contributed by atoms with Gasteiger partial charge in [0, 0.05) is 12.7 Å². The van der Waals surface area contributed by atoms with Gasteiger partial charge in [-0.05, 0) is 18.4 Å². The number of hydrogen-bond donors (Lipinski definition) is 0. The predicted octanol–water partition coefficient (Wildman–Crippen LogP) is 1.65. The maximum absolute atomic E-state index is 13.1. The molecule has 24 heavy (non-hydrogen) atoms. The van der Waals surface area contributed by atoms with Crippen LogP contribution in [-0.2, 0) is 4.74 Å². The molecule has 8 nitrogen and oxygen atoms in total. The number of rotatable bonds is 3. The lowest BCUT2D eigenvalue weighted by molar-refractivity contribution is -0.00596. The van der Waals surface area contributed by atoms with Gasteiger partial charge in [-0.1, -0.05) is 23.0 Å². The molecule has 124 valence electrons. The molecule has 1 saturated heterocycles. The summed E-state index contributed by atoms with van der Waals surface area (Å²) >= 11 is 1.50. The number of hydrogen-bond acceptors (Lipinski definition) is 7. The second-order valence-electron chi connectivity index (χ2n) is 5.28. The molecule has 1 fully saturated rings. The van der Waals surface area contributed by atoms with E-state index in [1.54, 1.807) is 4.90 Å². The van der Waals surface area contributed by atoms with Gasteiger partial charge in [0.25, 0.3) is 5.91 Å². The summed E-state index contributed by atoms with van der Waals surface area (Å²) in [6.07, 6.45) is 5.10. The van der Waals surface area contributed by atoms with E-state index < -0.39 is 0 Å². The summed E-state index contributed by atoms with van der Waals surface area (Å²) in [7, 11) is 0. The van der Waals surface area contributed by atoms with Gasteiger partial charge in [0.2, 0.25) is 6.39 Å². The number of carbonyl (C=O) groups excluding carboxylic acids is 1. The number of aromatic nitrogens is 4. The first-order valence-electron chi connectivity index (χ1n) is 7.45. The molecule has 1 amide bonds. The van der Waals surface area contributed by atoms with E-state index in [0.717, 1.165) is 10.7 Å². The minimum Gasteiger partial charge on any atom is -0.377 e. The molecule has 9 heteroatoms. The molecule has 1 atom stereocenters. The lowest BCUT2D eigenvalue weighted by atomic mass is 10.2. The lowest BCUT2D eigenvalue weighted by Crippen LogP contribution is -2.44. The molecule has 4 rings (SSSR count). The van der Waals surface area contributed by atoms with Crippen LogP contribution in [-0.4, -0.2) is 56.3 Å². The molecule has 1 aliphatic rings. The quantitative estimate of drug-likeness (QED) is 0.667. The van der Waals surface area contributed by atoms with Gasteiger partial charge in [0.05, 0.1) is 18.7 Å². The normalized spacial score (nSPS) is 18.2. The first kappa shape index (κ1) is 15.2. The first-order valence-corrected chi connectivity index (χ1v) is 8.68. The Labute approximate surface area is 141 Å². The summed E-state index contributed by atoms with van der Waals surface area (Å²) < 4.78 is 12.2.